The number of hydrogen-bond donors (Lipinski definition) is 1. The van der Waals surface area contributed by atoms with Crippen LogP contribution in [0.25, 0.3) is 0 Å². The number of aromatic nitrogens is 2. The standard InChI is InChI=1S/C19H20BrN3OS/c20-15-4-2-1-3-14(15)16(24)21-18-23-22-17(25-18)19-8-11-5-12(9-19)7-13(6-11)10-19/h1-4,11-13H,5-10H2,(H,21,23,24). The van der Waals surface area contributed by atoms with Crippen molar-refractivity contribution >= 4 is 38.3 Å². The highest BCUT2D eigenvalue weighted by Gasteiger charge is 2.53. The van der Waals surface area contributed by atoms with Crippen LogP contribution in [0.2, 0.25) is 0 Å². The first kappa shape index (κ1) is 15.9. The quantitative estimate of drug-likeness (QED) is 0.762. The summed E-state index contributed by atoms with van der Waals surface area (Å²) in [5.74, 6) is 2.51. The predicted octanol–water partition coefficient (Wildman–Crippen LogP) is 5.02. The molecule has 4 saturated carbocycles. The van der Waals surface area contributed by atoms with Crippen molar-refractivity contribution in [3.8, 4) is 0 Å². The summed E-state index contributed by atoms with van der Waals surface area (Å²) >= 11 is 5.01. The van der Waals surface area contributed by atoms with Crippen LogP contribution in [0.5, 0.6) is 0 Å². The van der Waals surface area contributed by atoms with E-state index in [1.165, 1.54) is 38.5 Å². The number of rotatable bonds is 3. The van der Waals surface area contributed by atoms with E-state index in [0.717, 1.165) is 27.2 Å². The van der Waals surface area contributed by atoms with E-state index in [2.05, 4.69) is 31.4 Å². The Morgan fingerprint density at radius 3 is 2.36 bits per heavy atom. The molecule has 0 saturated heterocycles. The van der Waals surface area contributed by atoms with Crippen LogP contribution in [0.4, 0.5) is 5.13 Å². The van der Waals surface area contributed by atoms with Crippen LogP contribution in [0.3, 0.4) is 0 Å². The summed E-state index contributed by atoms with van der Waals surface area (Å²) in [6.45, 7) is 0. The van der Waals surface area contributed by atoms with Crippen molar-refractivity contribution in [2.75, 3.05) is 5.32 Å². The maximum Gasteiger partial charge on any atom is 0.258 e. The lowest BCUT2D eigenvalue weighted by Gasteiger charge is -2.55. The molecular formula is C19H20BrN3OS. The lowest BCUT2D eigenvalue weighted by Crippen LogP contribution is -2.48. The maximum absolute atomic E-state index is 12.5. The minimum absolute atomic E-state index is 0.138. The third-order valence-corrected chi connectivity index (χ3v) is 8.03. The van der Waals surface area contributed by atoms with Crippen LogP contribution in [-0.4, -0.2) is 16.1 Å². The molecule has 6 rings (SSSR count). The Kier molecular flexibility index (Phi) is 3.75. The number of anilines is 1. The summed E-state index contributed by atoms with van der Waals surface area (Å²) in [5, 5.41) is 13.5. The molecule has 0 unspecified atom stereocenters. The Labute approximate surface area is 159 Å². The minimum atomic E-state index is -0.138. The SMILES string of the molecule is O=C(Nc1nnc(C23CC4CC(CC(C4)C2)C3)s1)c1ccccc1Br. The molecule has 4 fully saturated rings. The van der Waals surface area contributed by atoms with E-state index in [0.29, 0.717) is 10.7 Å². The number of halogens is 1. The van der Waals surface area contributed by atoms with Gasteiger partial charge >= 0.3 is 0 Å². The molecule has 1 aromatic heterocycles. The Morgan fingerprint density at radius 1 is 1.08 bits per heavy atom. The molecule has 1 aromatic carbocycles. The molecule has 4 aliphatic rings. The van der Waals surface area contributed by atoms with Crippen molar-refractivity contribution in [1.29, 1.82) is 0 Å². The van der Waals surface area contributed by atoms with Crippen LogP contribution in [-0.2, 0) is 5.41 Å². The van der Waals surface area contributed by atoms with Gasteiger partial charge in [0, 0.05) is 9.89 Å². The van der Waals surface area contributed by atoms with Gasteiger partial charge in [0.15, 0.2) is 0 Å². The molecule has 0 spiro atoms. The van der Waals surface area contributed by atoms with Gasteiger partial charge in [0.1, 0.15) is 5.01 Å². The number of hydrogen-bond acceptors (Lipinski definition) is 4. The summed E-state index contributed by atoms with van der Waals surface area (Å²) in [4.78, 5) is 12.5. The molecule has 1 amide bonds. The first-order valence-electron chi connectivity index (χ1n) is 9.01. The topological polar surface area (TPSA) is 54.9 Å². The summed E-state index contributed by atoms with van der Waals surface area (Å²) in [6, 6.07) is 7.44. The van der Waals surface area contributed by atoms with Gasteiger partial charge in [0.25, 0.3) is 5.91 Å². The van der Waals surface area contributed by atoms with E-state index in [4.69, 9.17) is 0 Å². The van der Waals surface area contributed by atoms with E-state index in [-0.39, 0.29) is 11.3 Å². The van der Waals surface area contributed by atoms with Gasteiger partial charge in [-0.25, -0.2) is 0 Å². The van der Waals surface area contributed by atoms with Crippen LogP contribution in [0.1, 0.15) is 53.9 Å². The van der Waals surface area contributed by atoms with E-state index in [9.17, 15) is 4.79 Å². The fraction of sp³-hybridized carbons (Fsp3) is 0.526. The average molecular weight is 418 g/mol. The summed E-state index contributed by atoms with van der Waals surface area (Å²) in [6.07, 6.45) is 8.07. The normalized spacial score (nSPS) is 32.8. The fourth-order valence-corrected chi connectivity index (χ4v) is 7.09. The van der Waals surface area contributed by atoms with Crippen LogP contribution >= 0.6 is 27.3 Å². The Balaban J connectivity index is 1.38. The number of nitrogens with one attached hydrogen (secondary N) is 1. The van der Waals surface area contributed by atoms with Gasteiger partial charge in [-0.05, 0) is 84.3 Å². The largest absolute Gasteiger partial charge is 0.296 e. The van der Waals surface area contributed by atoms with Gasteiger partial charge in [-0.2, -0.15) is 0 Å². The second-order valence-corrected chi connectivity index (χ2v) is 9.88. The van der Waals surface area contributed by atoms with E-state index in [1.807, 2.05) is 18.2 Å². The van der Waals surface area contributed by atoms with E-state index in [1.54, 1.807) is 17.4 Å². The average Bonchev–Trinajstić information content (AvgIpc) is 3.03. The Morgan fingerprint density at radius 2 is 1.72 bits per heavy atom. The molecule has 6 heteroatoms. The zero-order valence-electron chi connectivity index (χ0n) is 13.9. The zero-order valence-corrected chi connectivity index (χ0v) is 16.3. The fourth-order valence-electron chi connectivity index (χ4n) is 5.67. The highest BCUT2D eigenvalue weighted by Crippen LogP contribution is 2.61. The number of carbonyl (C=O) groups is 1. The molecule has 130 valence electrons. The van der Waals surface area contributed by atoms with Crippen LogP contribution in [0.15, 0.2) is 28.7 Å². The molecule has 4 aliphatic carbocycles. The number of nitrogens with zero attached hydrogens (tertiary/aromatic N) is 2. The maximum atomic E-state index is 12.5. The van der Waals surface area contributed by atoms with Gasteiger partial charge in [-0.15, -0.1) is 10.2 Å². The van der Waals surface area contributed by atoms with Crippen molar-refractivity contribution in [2.45, 2.75) is 43.9 Å². The third kappa shape index (κ3) is 2.74. The lowest BCUT2D eigenvalue weighted by molar-refractivity contribution is -0.00555. The molecule has 1 N–H and O–H groups in total. The van der Waals surface area contributed by atoms with Crippen molar-refractivity contribution < 1.29 is 4.79 Å². The molecule has 4 nitrogen and oxygen atoms in total. The number of benzene rings is 1. The molecule has 2 aromatic rings. The Bertz CT molecular complexity index is 798. The second kappa shape index (κ2) is 5.88. The van der Waals surface area contributed by atoms with Crippen LogP contribution < -0.4 is 5.32 Å². The minimum Gasteiger partial charge on any atom is -0.296 e. The van der Waals surface area contributed by atoms with Gasteiger partial charge < -0.3 is 0 Å². The van der Waals surface area contributed by atoms with Gasteiger partial charge in [0.2, 0.25) is 5.13 Å². The molecule has 0 atom stereocenters. The second-order valence-electron chi connectivity index (χ2n) is 8.04. The molecule has 4 bridgehead atoms. The first-order valence-corrected chi connectivity index (χ1v) is 10.6. The predicted molar refractivity (Wildman–Crippen MR) is 102 cm³/mol. The zero-order chi connectivity index (χ0) is 17.0. The highest BCUT2D eigenvalue weighted by atomic mass is 79.9. The molecule has 0 radical (unpaired) electrons. The molecule has 1 heterocycles. The highest BCUT2D eigenvalue weighted by molar-refractivity contribution is 9.10. The summed E-state index contributed by atoms with van der Waals surface area (Å²) in [7, 11) is 0. The number of amides is 1. The van der Waals surface area contributed by atoms with Gasteiger partial charge in [0.05, 0.1) is 5.56 Å². The van der Waals surface area contributed by atoms with Crippen LogP contribution in [0, 0.1) is 17.8 Å². The summed E-state index contributed by atoms with van der Waals surface area (Å²) in [5.41, 5.74) is 0.858. The first-order chi connectivity index (χ1) is 12.1. The monoisotopic (exact) mass is 417 g/mol. The van der Waals surface area contributed by atoms with Crippen molar-refractivity contribution in [3.63, 3.8) is 0 Å². The summed E-state index contributed by atoms with van der Waals surface area (Å²) < 4.78 is 0.790. The van der Waals surface area contributed by atoms with Gasteiger partial charge in [-0.3, -0.25) is 10.1 Å². The smallest absolute Gasteiger partial charge is 0.258 e. The van der Waals surface area contributed by atoms with E-state index < -0.39 is 0 Å². The molecular weight excluding hydrogens is 398 g/mol. The van der Waals surface area contributed by atoms with Gasteiger partial charge in [-0.1, -0.05) is 23.5 Å². The van der Waals surface area contributed by atoms with Crippen molar-refractivity contribution in [3.05, 3.63) is 39.3 Å². The molecule has 25 heavy (non-hydrogen) atoms. The van der Waals surface area contributed by atoms with Crippen molar-refractivity contribution in [1.82, 2.24) is 10.2 Å². The third-order valence-electron chi connectivity index (χ3n) is 6.26. The number of carbonyl (C=O) groups excluding carboxylic acids is 1. The van der Waals surface area contributed by atoms with E-state index >= 15 is 0 Å². The van der Waals surface area contributed by atoms with Crippen molar-refractivity contribution in [2.24, 2.45) is 17.8 Å². The Hall–Kier alpha value is -1.27. The lowest BCUT2D eigenvalue weighted by atomic mass is 9.50. The molecule has 0 aliphatic heterocycles.